The molecular formula is C23H25FN6O2. The molecule has 1 aliphatic carbocycles. The summed E-state index contributed by atoms with van der Waals surface area (Å²) in [5.74, 6) is -0.0736. The van der Waals surface area contributed by atoms with Crippen LogP contribution in [-0.2, 0) is 4.79 Å². The predicted octanol–water partition coefficient (Wildman–Crippen LogP) is 4.29. The number of hydrogen-bond donors (Lipinski definition) is 2. The SMILES string of the molecule is CC1(C(=O)Nc2cnc3nc(-c4cc(NC(=O)N5CCCC5)ccc4F)cn3c2)CCC1. The molecule has 2 aliphatic rings. The number of nitrogens with one attached hydrogen (secondary N) is 2. The lowest BCUT2D eigenvalue weighted by Gasteiger charge is -2.36. The second kappa shape index (κ2) is 7.89. The molecule has 1 aliphatic heterocycles. The average molecular weight is 436 g/mol. The highest BCUT2D eigenvalue weighted by Gasteiger charge is 2.39. The summed E-state index contributed by atoms with van der Waals surface area (Å²) in [6, 6.07) is 4.25. The Morgan fingerprint density at radius 2 is 1.84 bits per heavy atom. The van der Waals surface area contributed by atoms with Gasteiger partial charge in [-0.3, -0.25) is 9.20 Å². The number of hydrogen-bond acceptors (Lipinski definition) is 4. The number of nitrogens with zero attached hydrogens (tertiary/aromatic N) is 4. The van der Waals surface area contributed by atoms with Gasteiger partial charge in [0, 0.05) is 42.1 Å². The van der Waals surface area contributed by atoms with Crippen molar-refractivity contribution < 1.29 is 14.0 Å². The van der Waals surface area contributed by atoms with Crippen LogP contribution in [0.15, 0.2) is 36.8 Å². The minimum atomic E-state index is -0.445. The molecule has 8 nitrogen and oxygen atoms in total. The molecule has 0 radical (unpaired) electrons. The first-order valence-electron chi connectivity index (χ1n) is 10.9. The molecule has 0 atom stereocenters. The third-order valence-corrected chi connectivity index (χ3v) is 6.46. The van der Waals surface area contributed by atoms with E-state index in [0.29, 0.717) is 22.8 Å². The van der Waals surface area contributed by atoms with E-state index in [2.05, 4.69) is 20.6 Å². The maximum absolute atomic E-state index is 14.6. The number of rotatable bonds is 4. The van der Waals surface area contributed by atoms with Gasteiger partial charge in [0.2, 0.25) is 11.7 Å². The van der Waals surface area contributed by atoms with E-state index in [1.54, 1.807) is 34.0 Å². The minimum absolute atomic E-state index is 0.0160. The number of carbonyl (C=O) groups excluding carboxylic acids is 2. The Kier molecular flexibility index (Phi) is 5.03. The molecule has 1 aromatic carbocycles. The van der Waals surface area contributed by atoms with E-state index in [9.17, 15) is 14.0 Å². The molecule has 9 heteroatoms. The normalized spacial score (nSPS) is 17.2. The zero-order chi connectivity index (χ0) is 22.3. The number of aromatic nitrogens is 3. The fourth-order valence-electron chi connectivity index (χ4n) is 4.22. The summed E-state index contributed by atoms with van der Waals surface area (Å²) in [6.07, 6.45) is 9.75. The molecule has 5 rings (SSSR count). The lowest BCUT2D eigenvalue weighted by atomic mass is 9.70. The highest BCUT2D eigenvalue weighted by Crippen LogP contribution is 2.41. The number of carbonyl (C=O) groups is 2. The zero-order valence-corrected chi connectivity index (χ0v) is 17.9. The van der Waals surface area contributed by atoms with Gasteiger partial charge >= 0.3 is 6.03 Å². The fraction of sp³-hybridized carbons (Fsp3) is 0.391. The Bertz CT molecular complexity index is 1200. The second-order valence-corrected chi connectivity index (χ2v) is 8.86. The molecule has 3 amide bonds. The molecule has 0 spiro atoms. The van der Waals surface area contributed by atoms with Crippen molar-refractivity contribution in [2.75, 3.05) is 23.7 Å². The Hall–Kier alpha value is -3.49. The van der Waals surface area contributed by atoms with Gasteiger partial charge in [-0.2, -0.15) is 0 Å². The Morgan fingerprint density at radius 3 is 2.56 bits per heavy atom. The van der Waals surface area contributed by atoms with Crippen LogP contribution in [-0.4, -0.2) is 44.3 Å². The number of fused-ring (bicyclic) bond motifs is 1. The van der Waals surface area contributed by atoms with E-state index in [1.807, 2.05) is 6.92 Å². The smallest absolute Gasteiger partial charge is 0.321 e. The van der Waals surface area contributed by atoms with Crippen LogP contribution >= 0.6 is 0 Å². The molecule has 0 unspecified atom stereocenters. The predicted molar refractivity (Wildman–Crippen MR) is 119 cm³/mol. The van der Waals surface area contributed by atoms with E-state index in [-0.39, 0.29) is 22.9 Å². The molecule has 3 aromatic rings. The fourth-order valence-corrected chi connectivity index (χ4v) is 4.22. The van der Waals surface area contributed by atoms with E-state index in [4.69, 9.17) is 0 Å². The summed E-state index contributed by atoms with van der Waals surface area (Å²) >= 11 is 0. The van der Waals surface area contributed by atoms with Crippen LogP contribution < -0.4 is 10.6 Å². The van der Waals surface area contributed by atoms with Crippen molar-refractivity contribution >= 4 is 29.1 Å². The molecule has 1 saturated heterocycles. The third kappa shape index (κ3) is 3.79. The first-order chi connectivity index (χ1) is 15.4. The summed E-state index contributed by atoms with van der Waals surface area (Å²) in [6.45, 7) is 3.43. The second-order valence-electron chi connectivity index (χ2n) is 8.86. The van der Waals surface area contributed by atoms with Crippen molar-refractivity contribution in [3.8, 4) is 11.3 Å². The summed E-state index contributed by atoms with van der Waals surface area (Å²) < 4.78 is 16.3. The van der Waals surface area contributed by atoms with Crippen molar-refractivity contribution in [3.63, 3.8) is 0 Å². The van der Waals surface area contributed by atoms with Crippen molar-refractivity contribution in [2.24, 2.45) is 5.41 Å². The first-order valence-corrected chi connectivity index (χ1v) is 10.9. The number of anilines is 2. The van der Waals surface area contributed by atoms with Gasteiger partial charge in [-0.05, 0) is 43.9 Å². The van der Waals surface area contributed by atoms with Gasteiger partial charge in [-0.1, -0.05) is 13.3 Å². The van der Waals surface area contributed by atoms with Crippen LogP contribution in [0, 0.1) is 11.2 Å². The van der Waals surface area contributed by atoms with Gasteiger partial charge < -0.3 is 15.5 Å². The first kappa shape index (κ1) is 20.4. The Balaban J connectivity index is 1.38. The van der Waals surface area contributed by atoms with Crippen LogP contribution in [0.3, 0.4) is 0 Å². The van der Waals surface area contributed by atoms with E-state index >= 15 is 0 Å². The maximum atomic E-state index is 14.6. The van der Waals surface area contributed by atoms with Crippen LogP contribution in [0.5, 0.6) is 0 Å². The summed E-state index contributed by atoms with van der Waals surface area (Å²) in [4.78, 5) is 35.3. The number of imidazole rings is 1. The minimum Gasteiger partial charge on any atom is -0.325 e. The van der Waals surface area contributed by atoms with Crippen LogP contribution in [0.2, 0.25) is 0 Å². The summed E-state index contributed by atoms with van der Waals surface area (Å²) in [7, 11) is 0. The molecule has 1 saturated carbocycles. The molecule has 2 aromatic heterocycles. The molecule has 32 heavy (non-hydrogen) atoms. The number of likely N-dealkylation sites (tertiary alicyclic amines) is 1. The monoisotopic (exact) mass is 436 g/mol. The van der Waals surface area contributed by atoms with Gasteiger partial charge in [0.1, 0.15) is 5.82 Å². The lowest BCUT2D eigenvalue weighted by molar-refractivity contribution is -0.128. The van der Waals surface area contributed by atoms with Crippen molar-refractivity contribution in [2.45, 2.75) is 39.0 Å². The van der Waals surface area contributed by atoms with Gasteiger partial charge in [0.05, 0.1) is 17.6 Å². The molecule has 3 heterocycles. The molecule has 2 fully saturated rings. The van der Waals surface area contributed by atoms with Crippen LogP contribution in [0.25, 0.3) is 17.0 Å². The summed E-state index contributed by atoms with van der Waals surface area (Å²) in [5.41, 5.74) is 1.40. The summed E-state index contributed by atoms with van der Waals surface area (Å²) in [5, 5.41) is 5.75. The van der Waals surface area contributed by atoms with E-state index in [0.717, 1.165) is 45.2 Å². The Labute approximate surface area is 184 Å². The quantitative estimate of drug-likeness (QED) is 0.638. The molecule has 2 N–H and O–H groups in total. The Morgan fingerprint density at radius 1 is 1.06 bits per heavy atom. The van der Waals surface area contributed by atoms with E-state index in [1.165, 1.54) is 12.1 Å². The molecular weight excluding hydrogens is 411 g/mol. The van der Waals surface area contributed by atoms with Gasteiger partial charge in [-0.15, -0.1) is 0 Å². The average Bonchev–Trinajstić information content (AvgIpc) is 3.43. The third-order valence-electron chi connectivity index (χ3n) is 6.46. The van der Waals surface area contributed by atoms with Crippen molar-refractivity contribution in [3.05, 3.63) is 42.6 Å². The molecule has 166 valence electrons. The molecule has 0 bridgehead atoms. The largest absolute Gasteiger partial charge is 0.325 e. The number of halogens is 1. The van der Waals surface area contributed by atoms with E-state index < -0.39 is 5.82 Å². The zero-order valence-electron chi connectivity index (χ0n) is 17.9. The topological polar surface area (TPSA) is 91.6 Å². The van der Waals surface area contributed by atoms with Crippen molar-refractivity contribution in [1.82, 2.24) is 19.3 Å². The number of benzene rings is 1. The van der Waals surface area contributed by atoms with Gasteiger partial charge in [0.25, 0.3) is 0 Å². The van der Waals surface area contributed by atoms with Crippen LogP contribution in [0.4, 0.5) is 20.6 Å². The van der Waals surface area contributed by atoms with Gasteiger partial charge in [-0.25, -0.2) is 19.2 Å². The number of amides is 3. The highest BCUT2D eigenvalue weighted by atomic mass is 19.1. The highest BCUT2D eigenvalue weighted by molar-refractivity contribution is 5.95. The number of urea groups is 1. The lowest BCUT2D eigenvalue weighted by Crippen LogP contribution is -2.39. The maximum Gasteiger partial charge on any atom is 0.321 e. The van der Waals surface area contributed by atoms with Gasteiger partial charge in [0.15, 0.2) is 0 Å². The van der Waals surface area contributed by atoms with Crippen molar-refractivity contribution in [1.29, 1.82) is 0 Å². The standard InChI is InChI=1S/C23H25FN6O2/c1-23(7-4-8-23)20(31)26-16-12-25-21-28-19(14-30(21)13-16)17-11-15(5-6-18(17)24)27-22(32)29-9-2-3-10-29/h5-6,11-14H,2-4,7-10H2,1H3,(H,26,31)(H,27,32). The van der Waals surface area contributed by atoms with Crippen LogP contribution in [0.1, 0.15) is 39.0 Å².